The lowest BCUT2D eigenvalue weighted by Crippen LogP contribution is -2.40. The van der Waals surface area contributed by atoms with Crippen LogP contribution in [0, 0.1) is 41.5 Å². The van der Waals surface area contributed by atoms with Crippen molar-refractivity contribution in [2.24, 2.45) is 4.99 Å². The first-order valence-electron chi connectivity index (χ1n) is 23.8. The van der Waals surface area contributed by atoms with Crippen molar-refractivity contribution in [3.8, 4) is 16.1 Å². The summed E-state index contributed by atoms with van der Waals surface area (Å²) in [6, 6.07) is 20.4. The zero-order valence-electron chi connectivity index (χ0n) is 40.8. The van der Waals surface area contributed by atoms with Gasteiger partial charge in [-0.25, -0.2) is 0 Å². The molecule has 4 N–H and O–H groups in total. The Kier molecular flexibility index (Phi) is 15.8. The summed E-state index contributed by atoms with van der Waals surface area (Å²) in [7, 11) is 0. The number of aromatic nitrogens is 4. The topological polar surface area (TPSA) is 185 Å². The molecule has 17 heteroatoms. The van der Waals surface area contributed by atoms with E-state index >= 15 is 0 Å². The second-order valence-electron chi connectivity index (χ2n) is 17.8. The average Bonchev–Trinajstić information content (AvgIpc) is 3.83. The molecule has 15 nitrogen and oxygen atoms in total. The van der Waals surface area contributed by atoms with Crippen LogP contribution < -0.4 is 26.4 Å². The molecular formula is C53H60ClN9O6S. The highest BCUT2D eigenvalue weighted by Crippen LogP contribution is 2.40. The monoisotopic (exact) mass is 985 g/mol. The number of aryl methyl sites for hydroxylation is 4. The van der Waals surface area contributed by atoms with Crippen molar-refractivity contribution >= 4 is 52.1 Å². The lowest BCUT2D eigenvalue weighted by Gasteiger charge is -2.37. The van der Waals surface area contributed by atoms with Gasteiger partial charge in [0, 0.05) is 94.5 Å². The fraction of sp³-hybridized carbons (Fsp3) is 0.377. The molecule has 0 aliphatic carbocycles. The molecule has 1 fully saturated rings. The van der Waals surface area contributed by atoms with Crippen molar-refractivity contribution in [3.05, 3.63) is 149 Å². The van der Waals surface area contributed by atoms with E-state index in [1.165, 1.54) is 4.88 Å². The predicted molar refractivity (Wildman–Crippen MR) is 275 cm³/mol. The maximum atomic E-state index is 14.0. The minimum atomic E-state index is -0.587. The highest BCUT2D eigenvalue weighted by Gasteiger charge is 2.33. The van der Waals surface area contributed by atoms with Gasteiger partial charge in [0.05, 0.1) is 25.3 Å². The third-order valence-electron chi connectivity index (χ3n) is 13.1. The molecule has 3 aromatic carbocycles. The first kappa shape index (κ1) is 49.9. The molecule has 0 bridgehead atoms. The molecule has 8 rings (SSSR count). The van der Waals surface area contributed by atoms with Gasteiger partial charge < -0.3 is 35.3 Å². The van der Waals surface area contributed by atoms with E-state index in [1.54, 1.807) is 23.5 Å². The van der Waals surface area contributed by atoms with Gasteiger partial charge >= 0.3 is 0 Å². The summed E-state index contributed by atoms with van der Waals surface area (Å²) in [6.07, 6.45) is 1.82. The molecule has 366 valence electrons. The lowest BCUT2D eigenvalue weighted by molar-refractivity contribution is -0.121. The number of ether oxygens (including phenoxy) is 2. The molecule has 2 aliphatic heterocycles. The maximum absolute atomic E-state index is 14.0. The van der Waals surface area contributed by atoms with Crippen LogP contribution in [0.1, 0.15) is 109 Å². The molecule has 1 saturated heterocycles. The summed E-state index contributed by atoms with van der Waals surface area (Å²) in [4.78, 5) is 64.9. The summed E-state index contributed by atoms with van der Waals surface area (Å²) in [5.41, 5.74) is 10.2. The Morgan fingerprint density at radius 1 is 0.857 bits per heavy atom. The maximum Gasteiger partial charge on any atom is 0.253 e. The van der Waals surface area contributed by atoms with Crippen LogP contribution in [0.2, 0.25) is 5.02 Å². The number of nitrogens with one attached hydrogen (secondary N) is 4. The van der Waals surface area contributed by atoms with Crippen molar-refractivity contribution < 1.29 is 23.9 Å². The number of pyridine rings is 1. The largest absolute Gasteiger partial charge is 0.381 e. The van der Waals surface area contributed by atoms with Crippen molar-refractivity contribution in [3.63, 3.8) is 0 Å². The lowest BCUT2D eigenvalue weighted by atomic mass is 9.94. The Balaban J connectivity index is 0.868. The van der Waals surface area contributed by atoms with Crippen molar-refractivity contribution in [1.29, 1.82) is 0 Å². The first-order chi connectivity index (χ1) is 33.7. The van der Waals surface area contributed by atoms with Gasteiger partial charge in [-0.05, 0) is 132 Å². The van der Waals surface area contributed by atoms with Crippen LogP contribution in [-0.2, 0) is 20.8 Å². The number of anilines is 1. The van der Waals surface area contributed by atoms with Crippen LogP contribution in [-0.4, -0.2) is 95.3 Å². The number of aromatic amines is 1. The number of nitrogens with zero attached hydrogens (tertiary/aromatic N) is 5. The summed E-state index contributed by atoms with van der Waals surface area (Å²) in [5.74, 6) is 0.590. The van der Waals surface area contributed by atoms with Gasteiger partial charge in [0.1, 0.15) is 16.9 Å². The van der Waals surface area contributed by atoms with Crippen LogP contribution in [0.25, 0.3) is 16.1 Å². The van der Waals surface area contributed by atoms with Crippen molar-refractivity contribution in [1.82, 2.24) is 35.7 Å². The van der Waals surface area contributed by atoms with Gasteiger partial charge in [0.25, 0.3) is 17.4 Å². The summed E-state index contributed by atoms with van der Waals surface area (Å²) < 4.78 is 13.5. The van der Waals surface area contributed by atoms with Gasteiger partial charge in [-0.2, -0.15) is 0 Å². The Bertz CT molecular complexity index is 2990. The Morgan fingerprint density at radius 3 is 2.26 bits per heavy atom. The minimum absolute atomic E-state index is 0.0592. The number of carbonyl (C=O) groups is 3. The quantitative estimate of drug-likeness (QED) is 0.0659. The molecule has 70 heavy (non-hydrogen) atoms. The molecule has 3 amide bonds. The van der Waals surface area contributed by atoms with E-state index in [4.69, 9.17) is 26.1 Å². The second-order valence-corrected chi connectivity index (χ2v) is 19.5. The fourth-order valence-corrected chi connectivity index (χ4v) is 10.6. The van der Waals surface area contributed by atoms with E-state index < -0.39 is 6.04 Å². The molecule has 2 aliphatic rings. The number of benzene rings is 3. The van der Waals surface area contributed by atoms with Crippen LogP contribution in [0.4, 0.5) is 5.69 Å². The summed E-state index contributed by atoms with van der Waals surface area (Å²) in [6.45, 7) is 17.1. The van der Waals surface area contributed by atoms with Gasteiger partial charge in [-0.1, -0.05) is 35.9 Å². The molecule has 1 atom stereocenters. The highest BCUT2D eigenvalue weighted by molar-refractivity contribution is 7.15. The molecule has 0 unspecified atom stereocenters. The smallest absolute Gasteiger partial charge is 0.253 e. The molecule has 3 aromatic heterocycles. The number of thiophene rings is 1. The molecule has 6 aromatic rings. The molecule has 0 radical (unpaired) electrons. The number of aliphatic imine (C=N–C) groups is 1. The number of fused-ring (bicyclic) bond motifs is 3. The first-order valence-corrected chi connectivity index (χ1v) is 25.0. The molecule has 0 saturated carbocycles. The van der Waals surface area contributed by atoms with Gasteiger partial charge in [0.15, 0.2) is 5.82 Å². The number of hydrogen-bond acceptors (Lipinski definition) is 11. The van der Waals surface area contributed by atoms with E-state index in [9.17, 15) is 19.2 Å². The number of rotatable bonds is 17. The standard InChI is InChI=1S/C53H60ClN9O6S/c1-8-62(41-17-21-68-22-18-41)45-27-39(26-42(33(45)5)51(66)57-29-43-30(2)25-31(3)58-52(43)67)36-9-11-38(12-10-36)50(65)56-20-24-69-23-19-55-46(64)28-44-49-61-60-35(7)63(49)53-47(32(4)34(6)70-53)48(59-44)37-13-15-40(54)16-14-37/h9-16,25-27,41,44H,8,17-24,28-29H2,1-7H3,(H,55,64)(H,56,65)(H,57,66)(H,58,67)/t44-/m0/s1. The van der Waals surface area contributed by atoms with Crippen molar-refractivity contribution in [2.45, 2.75) is 86.4 Å². The SMILES string of the molecule is CCN(c1cc(-c2ccc(C(=O)NCCOCCNC(=O)C[C@@H]3N=C(c4ccc(Cl)cc4)c4c(sc(C)c4C)-n4c(C)nnc43)cc2)cc(C(=O)NCc2c(C)cc(C)[nH]c2=O)c1C)C1CCOCC1. The second kappa shape index (κ2) is 22.1. The zero-order chi connectivity index (χ0) is 49.6. The van der Waals surface area contributed by atoms with Gasteiger partial charge in [-0.15, -0.1) is 21.5 Å². The van der Waals surface area contributed by atoms with Gasteiger partial charge in [-0.3, -0.25) is 28.7 Å². The summed E-state index contributed by atoms with van der Waals surface area (Å²) in [5, 5.41) is 19.4. The number of carbonyl (C=O) groups excluding carboxylic acids is 3. The van der Waals surface area contributed by atoms with Crippen LogP contribution >= 0.6 is 22.9 Å². The number of halogens is 1. The Hall–Kier alpha value is -6.46. The van der Waals surface area contributed by atoms with Crippen LogP contribution in [0.15, 0.2) is 76.5 Å². The minimum Gasteiger partial charge on any atom is -0.381 e. The Labute approximate surface area is 417 Å². The third-order valence-corrected chi connectivity index (χ3v) is 14.6. The average molecular weight is 987 g/mol. The number of amides is 3. The third kappa shape index (κ3) is 10.9. The molecule has 0 spiro atoms. The predicted octanol–water partition coefficient (Wildman–Crippen LogP) is 7.97. The molecular weight excluding hydrogens is 926 g/mol. The fourth-order valence-electron chi connectivity index (χ4n) is 9.28. The van der Waals surface area contributed by atoms with E-state index in [1.807, 2.05) is 80.8 Å². The molecule has 5 heterocycles. The zero-order valence-corrected chi connectivity index (χ0v) is 42.3. The highest BCUT2D eigenvalue weighted by atomic mass is 35.5. The van der Waals surface area contributed by atoms with Crippen LogP contribution in [0.5, 0.6) is 0 Å². The van der Waals surface area contributed by atoms with E-state index in [-0.39, 0.29) is 68.6 Å². The van der Waals surface area contributed by atoms with E-state index in [0.717, 1.165) is 86.2 Å². The van der Waals surface area contributed by atoms with Crippen LogP contribution in [0.3, 0.4) is 0 Å². The number of hydrogen-bond donors (Lipinski definition) is 4. The normalized spacial score (nSPS) is 14.6. The Morgan fingerprint density at radius 2 is 1.56 bits per heavy atom. The van der Waals surface area contributed by atoms with Crippen molar-refractivity contribution in [2.75, 3.05) is 51.0 Å². The number of H-pyrrole nitrogens is 1. The summed E-state index contributed by atoms with van der Waals surface area (Å²) >= 11 is 7.91. The van der Waals surface area contributed by atoms with E-state index in [2.05, 4.69) is 62.9 Å². The van der Waals surface area contributed by atoms with E-state index in [0.29, 0.717) is 40.8 Å². The van der Waals surface area contributed by atoms with Gasteiger partial charge in [0.2, 0.25) is 5.91 Å².